The van der Waals surface area contributed by atoms with Gasteiger partial charge in [0.15, 0.2) is 5.56 Å². The van der Waals surface area contributed by atoms with E-state index >= 15 is 0 Å². The molecule has 9 nitrogen and oxygen atoms in total. The van der Waals surface area contributed by atoms with E-state index in [9.17, 15) is 14.4 Å². The molecule has 0 unspecified atom stereocenters. The smallest absolute Gasteiger partial charge is 0.345 e. The molecular weight excluding hydrogens is 471 g/mol. The van der Waals surface area contributed by atoms with Crippen molar-refractivity contribution in [2.75, 3.05) is 12.4 Å². The minimum absolute atomic E-state index is 0.0281. The van der Waals surface area contributed by atoms with Crippen molar-refractivity contribution in [3.63, 3.8) is 0 Å². The van der Waals surface area contributed by atoms with Crippen molar-refractivity contribution in [2.45, 2.75) is 12.8 Å². The number of benzene rings is 2. The Kier molecular flexibility index (Phi) is 6.43. The van der Waals surface area contributed by atoms with Gasteiger partial charge in [-0.25, -0.2) is 9.78 Å². The molecule has 0 aliphatic heterocycles. The van der Waals surface area contributed by atoms with Gasteiger partial charge < -0.3 is 14.2 Å². The molecule has 0 radical (unpaired) electrons. The first-order valence-electron chi connectivity index (χ1n) is 9.69. The summed E-state index contributed by atoms with van der Waals surface area (Å²) in [6.07, 6.45) is -0.0329. The van der Waals surface area contributed by atoms with E-state index in [1.165, 1.54) is 7.11 Å². The zero-order chi connectivity index (χ0) is 23.5. The Balaban J connectivity index is 1.57. The summed E-state index contributed by atoms with van der Waals surface area (Å²) in [5.74, 6) is -1.55. The Morgan fingerprint density at radius 2 is 1.85 bits per heavy atom. The number of aromatic amines is 1. The highest BCUT2D eigenvalue weighted by Gasteiger charge is 2.28. The molecule has 4 aromatic rings. The van der Waals surface area contributed by atoms with Crippen LogP contribution in [-0.2, 0) is 16.0 Å². The molecule has 0 spiro atoms. The van der Waals surface area contributed by atoms with Crippen LogP contribution >= 0.6 is 23.2 Å². The summed E-state index contributed by atoms with van der Waals surface area (Å²) < 4.78 is 10.0. The van der Waals surface area contributed by atoms with Gasteiger partial charge in [-0.05, 0) is 24.3 Å². The summed E-state index contributed by atoms with van der Waals surface area (Å²) in [7, 11) is 1.18. The number of anilines is 1. The molecule has 1 amide bonds. The third-order valence-electron chi connectivity index (χ3n) is 4.79. The number of para-hydroxylation sites is 2. The van der Waals surface area contributed by atoms with Crippen molar-refractivity contribution in [3.05, 3.63) is 74.1 Å². The maximum atomic E-state index is 12.6. The van der Waals surface area contributed by atoms with E-state index in [0.29, 0.717) is 11.0 Å². The lowest BCUT2D eigenvalue weighted by Gasteiger charge is -2.07. The Morgan fingerprint density at radius 3 is 2.58 bits per heavy atom. The van der Waals surface area contributed by atoms with E-state index in [-0.39, 0.29) is 56.8 Å². The van der Waals surface area contributed by atoms with Gasteiger partial charge in [-0.2, -0.15) is 0 Å². The summed E-state index contributed by atoms with van der Waals surface area (Å²) in [5, 5.41) is 6.83. The average Bonchev–Trinajstić information content (AvgIpc) is 3.19. The van der Waals surface area contributed by atoms with Crippen LogP contribution in [-0.4, -0.2) is 34.1 Å². The molecule has 4 rings (SSSR count). The fourth-order valence-corrected chi connectivity index (χ4v) is 3.80. The first-order chi connectivity index (χ1) is 15.9. The van der Waals surface area contributed by atoms with Crippen LogP contribution in [0.1, 0.15) is 22.5 Å². The first kappa shape index (κ1) is 22.5. The molecule has 2 N–H and O–H groups in total. The van der Waals surface area contributed by atoms with Crippen LogP contribution in [0.5, 0.6) is 0 Å². The van der Waals surface area contributed by atoms with Crippen molar-refractivity contribution in [1.29, 1.82) is 0 Å². The van der Waals surface area contributed by atoms with Gasteiger partial charge in [0.25, 0.3) is 5.56 Å². The van der Waals surface area contributed by atoms with Crippen molar-refractivity contribution < 1.29 is 18.8 Å². The summed E-state index contributed by atoms with van der Waals surface area (Å²) >= 11 is 12.5. The third kappa shape index (κ3) is 4.59. The summed E-state index contributed by atoms with van der Waals surface area (Å²) in [6, 6.07) is 11.9. The largest absolute Gasteiger partial charge is 0.465 e. The van der Waals surface area contributed by atoms with Crippen LogP contribution in [0.15, 0.2) is 51.8 Å². The maximum Gasteiger partial charge on any atom is 0.345 e. The highest BCUT2D eigenvalue weighted by molar-refractivity contribution is 6.39. The molecule has 2 aromatic heterocycles. The zero-order valence-electron chi connectivity index (χ0n) is 17.1. The van der Waals surface area contributed by atoms with Gasteiger partial charge in [-0.3, -0.25) is 14.9 Å². The Labute approximate surface area is 196 Å². The second kappa shape index (κ2) is 9.43. The van der Waals surface area contributed by atoms with E-state index in [4.69, 9.17) is 32.5 Å². The highest BCUT2D eigenvalue weighted by Crippen LogP contribution is 2.38. The lowest BCUT2D eigenvalue weighted by Crippen LogP contribution is -2.19. The molecular formula is C22H16Cl2N4O5. The number of rotatable bonds is 6. The average molecular weight is 487 g/mol. The van der Waals surface area contributed by atoms with E-state index in [1.54, 1.807) is 42.5 Å². The summed E-state index contributed by atoms with van der Waals surface area (Å²) in [4.78, 5) is 44.3. The molecule has 0 aliphatic rings. The number of aromatic nitrogens is 3. The molecule has 0 atom stereocenters. The minimum atomic E-state index is -0.801. The Bertz CT molecular complexity index is 1410. The van der Waals surface area contributed by atoms with Crippen LogP contribution in [0.2, 0.25) is 10.0 Å². The lowest BCUT2D eigenvalue weighted by atomic mass is 10.1. The second-order valence-electron chi connectivity index (χ2n) is 6.90. The molecule has 0 bridgehead atoms. The van der Waals surface area contributed by atoms with Gasteiger partial charge in [0, 0.05) is 18.4 Å². The topological polar surface area (TPSA) is 127 Å². The number of ether oxygens (including phenoxy) is 1. The number of hydrogen-bond acceptors (Lipinski definition) is 7. The highest BCUT2D eigenvalue weighted by atomic mass is 35.5. The van der Waals surface area contributed by atoms with E-state index in [1.807, 2.05) is 0 Å². The van der Waals surface area contributed by atoms with E-state index in [2.05, 4.69) is 20.4 Å². The molecule has 11 heteroatoms. The van der Waals surface area contributed by atoms with Crippen molar-refractivity contribution >= 4 is 52.0 Å². The van der Waals surface area contributed by atoms with Crippen LogP contribution in [0, 0.1) is 0 Å². The first-order valence-corrected chi connectivity index (χ1v) is 10.4. The van der Waals surface area contributed by atoms with Crippen LogP contribution in [0.25, 0.3) is 22.3 Å². The van der Waals surface area contributed by atoms with Gasteiger partial charge in [-0.1, -0.05) is 46.6 Å². The molecule has 0 saturated carbocycles. The van der Waals surface area contributed by atoms with Crippen molar-refractivity contribution in [1.82, 2.24) is 15.1 Å². The standard InChI is InChI=1S/C22H16Cl2N4O5/c1-32-22(31)18-19(17-11(23)5-4-6-12(17)24)28-33-21(18)27-16(29)10-9-15-20(30)26-14-8-3-2-7-13(14)25-15/h2-8H,9-10H2,1H3,(H,26,30)(H,27,29). The molecule has 2 heterocycles. The SMILES string of the molecule is COC(=O)c1c(-c2c(Cl)cccc2Cl)noc1NC(=O)CCc1nc2ccccc2[nH]c1=O. The number of hydrogen-bond donors (Lipinski definition) is 2. The number of nitrogens with zero attached hydrogens (tertiary/aromatic N) is 2. The molecule has 0 saturated heterocycles. The number of halogens is 2. The number of carbonyl (C=O) groups excluding carboxylic acids is 2. The fourth-order valence-electron chi connectivity index (χ4n) is 3.22. The zero-order valence-corrected chi connectivity index (χ0v) is 18.7. The Hall–Kier alpha value is -3.69. The molecule has 0 fully saturated rings. The fraction of sp³-hybridized carbons (Fsp3) is 0.136. The number of amides is 1. The number of aryl methyl sites for hydroxylation is 1. The van der Waals surface area contributed by atoms with Crippen molar-refractivity contribution in [3.8, 4) is 11.3 Å². The summed E-state index contributed by atoms with van der Waals surface area (Å²) in [5.41, 5.74) is 1.19. The van der Waals surface area contributed by atoms with Gasteiger partial charge in [0.2, 0.25) is 11.8 Å². The minimum Gasteiger partial charge on any atom is -0.465 e. The number of H-pyrrole nitrogens is 1. The van der Waals surface area contributed by atoms with Crippen LogP contribution in [0.4, 0.5) is 5.88 Å². The van der Waals surface area contributed by atoms with E-state index < -0.39 is 11.9 Å². The van der Waals surface area contributed by atoms with Crippen molar-refractivity contribution in [2.24, 2.45) is 0 Å². The maximum absolute atomic E-state index is 12.6. The van der Waals surface area contributed by atoms with E-state index in [0.717, 1.165) is 0 Å². The van der Waals surface area contributed by atoms with Crippen LogP contribution in [0.3, 0.4) is 0 Å². The predicted molar refractivity (Wildman–Crippen MR) is 123 cm³/mol. The molecule has 0 aliphatic carbocycles. The quantitative estimate of drug-likeness (QED) is 0.390. The molecule has 33 heavy (non-hydrogen) atoms. The molecule has 168 valence electrons. The normalized spacial score (nSPS) is 10.9. The van der Waals surface area contributed by atoms with Gasteiger partial charge in [0.05, 0.1) is 28.2 Å². The summed E-state index contributed by atoms with van der Waals surface area (Å²) in [6.45, 7) is 0. The number of nitrogens with one attached hydrogen (secondary N) is 2. The monoisotopic (exact) mass is 486 g/mol. The van der Waals surface area contributed by atoms with Crippen LogP contribution < -0.4 is 10.9 Å². The number of methoxy groups -OCH3 is 1. The van der Waals surface area contributed by atoms with Gasteiger partial charge in [-0.15, -0.1) is 0 Å². The predicted octanol–water partition coefficient (Wildman–Crippen LogP) is 4.24. The lowest BCUT2D eigenvalue weighted by molar-refractivity contribution is -0.116. The third-order valence-corrected chi connectivity index (χ3v) is 5.42. The number of esters is 1. The van der Waals surface area contributed by atoms with Gasteiger partial charge >= 0.3 is 5.97 Å². The number of fused-ring (bicyclic) bond motifs is 1. The second-order valence-corrected chi connectivity index (χ2v) is 7.72. The number of carbonyl (C=O) groups is 2. The van der Waals surface area contributed by atoms with Gasteiger partial charge in [0.1, 0.15) is 11.4 Å². The Morgan fingerprint density at radius 1 is 1.12 bits per heavy atom. The molecule has 2 aromatic carbocycles.